The van der Waals surface area contributed by atoms with Crippen molar-refractivity contribution in [3.8, 4) is 0 Å². The third-order valence-electron chi connectivity index (χ3n) is 2.81. The number of nitrogens with one attached hydrogen (secondary N) is 1. The molecule has 0 radical (unpaired) electrons. The number of hydrogen-bond acceptors (Lipinski definition) is 2. The number of anilines is 2. The highest BCUT2D eigenvalue weighted by molar-refractivity contribution is 6.31. The minimum Gasteiger partial charge on any atom is -0.397 e. The first-order valence-electron chi connectivity index (χ1n) is 5.82. The van der Waals surface area contributed by atoms with E-state index >= 15 is 0 Å². The van der Waals surface area contributed by atoms with E-state index in [2.05, 4.69) is 5.32 Å². The lowest BCUT2D eigenvalue weighted by atomic mass is 10.1. The van der Waals surface area contributed by atoms with Crippen LogP contribution in [0.2, 0.25) is 5.02 Å². The van der Waals surface area contributed by atoms with E-state index in [0.29, 0.717) is 16.4 Å². The zero-order valence-corrected chi connectivity index (χ0v) is 11.1. The summed E-state index contributed by atoms with van der Waals surface area (Å²) in [4.78, 5) is 0. The lowest BCUT2D eigenvalue weighted by Gasteiger charge is -2.14. The molecule has 6 heteroatoms. The number of nitrogens with two attached hydrogens (primary N) is 1. The van der Waals surface area contributed by atoms with Gasteiger partial charge in [-0.05, 0) is 29.8 Å². The van der Waals surface area contributed by atoms with Gasteiger partial charge in [-0.3, -0.25) is 0 Å². The number of halogens is 4. The van der Waals surface area contributed by atoms with Crippen LogP contribution in [0, 0.1) is 0 Å². The summed E-state index contributed by atoms with van der Waals surface area (Å²) in [6, 6.07) is 10.2. The second kappa shape index (κ2) is 5.63. The Morgan fingerprint density at radius 1 is 1.10 bits per heavy atom. The average Bonchev–Trinajstić information content (AvgIpc) is 2.39. The Kier molecular flexibility index (Phi) is 4.09. The van der Waals surface area contributed by atoms with E-state index in [0.717, 1.165) is 6.07 Å². The Bertz CT molecular complexity index is 612. The molecule has 2 aromatic carbocycles. The van der Waals surface area contributed by atoms with Crippen molar-refractivity contribution < 1.29 is 13.2 Å². The monoisotopic (exact) mass is 300 g/mol. The van der Waals surface area contributed by atoms with E-state index in [4.69, 9.17) is 17.3 Å². The van der Waals surface area contributed by atoms with Crippen LogP contribution in [0.15, 0.2) is 42.5 Å². The van der Waals surface area contributed by atoms with Gasteiger partial charge in [0.15, 0.2) is 0 Å². The normalized spacial score (nSPS) is 11.4. The van der Waals surface area contributed by atoms with Gasteiger partial charge in [-0.1, -0.05) is 29.8 Å². The van der Waals surface area contributed by atoms with Crippen molar-refractivity contribution in [1.29, 1.82) is 0 Å². The zero-order valence-electron chi connectivity index (χ0n) is 10.3. The molecule has 20 heavy (non-hydrogen) atoms. The molecule has 0 bridgehead atoms. The minimum absolute atomic E-state index is 0.0141. The molecule has 0 heterocycles. The standard InChI is InChI=1S/C14H12ClF3N2/c15-10-5-6-12(19)13(7-10)20-8-9-3-1-2-4-11(9)14(16,17)18/h1-7,20H,8,19H2. The van der Waals surface area contributed by atoms with E-state index in [1.165, 1.54) is 12.1 Å². The predicted octanol–water partition coefficient (Wildman–Crippen LogP) is 4.55. The molecule has 0 aliphatic heterocycles. The molecule has 2 nitrogen and oxygen atoms in total. The molecule has 0 fully saturated rings. The van der Waals surface area contributed by atoms with Gasteiger partial charge in [-0.15, -0.1) is 0 Å². The fraction of sp³-hybridized carbons (Fsp3) is 0.143. The van der Waals surface area contributed by atoms with Crippen LogP contribution in [0.25, 0.3) is 0 Å². The summed E-state index contributed by atoms with van der Waals surface area (Å²) in [7, 11) is 0. The van der Waals surface area contributed by atoms with E-state index in [9.17, 15) is 13.2 Å². The topological polar surface area (TPSA) is 38.0 Å². The molecule has 0 atom stereocenters. The van der Waals surface area contributed by atoms with Gasteiger partial charge in [-0.2, -0.15) is 13.2 Å². The summed E-state index contributed by atoms with van der Waals surface area (Å²) in [5.41, 5.74) is 6.17. The maximum Gasteiger partial charge on any atom is 0.416 e. The lowest BCUT2D eigenvalue weighted by molar-refractivity contribution is -0.138. The fourth-order valence-electron chi connectivity index (χ4n) is 1.82. The molecule has 0 unspecified atom stereocenters. The molecule has 106 valence electrons. The van der Waals surface area contributed by atoms with Crippen LogP contribution in [-0.2, 0) is 12.7 Å². The zero-order chi connectivity index (χ0) is 14.8. The third kappa shape index (κ3) is 3.36. The number of alkyl halides is 3. The first kappa shape index (κ1) is 14.5. The van der Waals surface area contributed by atoms with Crippen molar-refractivity contribution in [2.24, 2.45) is 0 Å². The quantitative estimate of drug-likeness (QED) is 0.816. The highest BCUT2D eigenvalue weighted by atomic mass is 35.5. The van der Waals surface area contributed by atoms with Gasteiger partial charge in [0.05, 0.1) is 16.9 Å². The summed E-state index contributed by atoms with van der Waals surface area (Å²) in [5.74, 6) is 0. The second-order valence-electron chi connectivity index (χ2n) is 4.24. The van der Waals surface area contributed by atoms with Crippen molar-refractivity contribution in [1.82, 2.24) is 0 Å². The van der Waals surface area contributed by atoms with Crippen LogP contribution < -0.4 is 11.1 Å². The van der Waals surface area contributed by atoms with Gasteiger partial charge < -0.3 is 11.1 Å². The van der Waals surface area contributed by atoms with Gasteiger partial charge in [0.2, 0.25) is 0 Å². The second-order valence-corrected chi connectivity index (χ2v) is 4.68. The van der Waals surface area contributed by atoms with E-state index < -0.39 is 11.7 Å². The Labute approximate surface area is 119 Å². The largest absolute Gasteiger partial charge is 0.416 e. The number of rotatable bonds is 3. The molecule has 2 aromatic rings. The SMILES string of the molecule is Nc1ccc(Cl)cc1NCc1ccccc1C(F)(F)F. The van der Waals surface area contributed by atoms with Crippen LogP contribution in [0.4, 0.5) is 24.5 Å². The Morgan fingerprint density at radius 2 is 1.80 bits per heavy atom. The number of benzene rings is 2. The van der Waals surface area contributed by atoms with E-state index in [1.807, 2.05) is 0 Å². The summed E-state index contributed by atoms with van der Waals surface area (Å²) in [6.07, 6.45) is -4.38. The molecule has 2 rings (SSSR count). The lowest BCUT2D eigenvalue weighted by Crippen LogP contribution is -2.12. The van der Waals surface area contributed by atoms with Crippen molar-refractivity contribution >= 4 is 23.0 Å². The maximum atomic E-state index is 12.8. The average molecular weight is 301 g/mol. The molecule has 0 aromatic heterocycles. The van der Waals surface area contributed by atoms with Gasteiger partial charge in [0.1, 0.15) is 0 Å². The van der Waals surface area contributed by atoms with Crippen molar-refractivity contribution in [3.05, 3.63) is 58.6 Å². The van der Waals surface area contributed by atoms with Crippen molar-refractivity contribution in [3.63, 3.8) is 0 Å². The van der Waals surface area contributed by atoms with Crippen LogP contribution >= 0.6 is 11.6 Å². The van der Waals surface area contributed by atoms with Crippen molar-refractivity contribution in [2.45, 2.75) is 12.7 Å². The number of nitrogen functional groups attached to an aromatic ring is 1. The Hall–Kier alpha value is -1.88. The van der Waals surface area contributed by atoms with Crippen molar-refractivity contribution in [2.75, 3.05) is 11.1 Å². The summed E-state index contributed by atoms with van der Waals surface area (Å²) in [5, 5.41) is 3.34. The summed E-state index contributed by atoms with van der Waals surface area (Å²) in [6.45, 7) is 0.0141. The molecule has 0 aliphatic carbocycles. The highest BCUT2D eigenvalue weighted by Gasteiger charge is 2.32. The molecule has 3 N–H and O–H groups in total. The van der Waals surface area contributed by atoms with Crippen LogP contribution in [0.5, 0.6) is 0 Å². The fourth-order valence-corrected chi connectivity index (χ4v) is 2.00. The van der Waals surface area contributed by atoms with Gasteiger partial charge in [0.25, 0.3) is 0 Å². The Morgan fingerprint density at radius 3 is 2.50 bits per heavy atom. The predicted molar refractivity (Wildman–Crippen MR) is 74.6 cm³/mol. The minimum atomic E-state index is -4.38. The Balaban J connectivity index is 2.21. The number of hydrogen-bond donors (Lipinski definition) is 2. The molecule has 0 saturated carbocycles. The first-order chi connectivity index (χ1) is 9.38. The first-order valence-corrected chi connectivity index (χ1v) is 6.20. The smallest absolute Gasteiger partial charge is 0.397 e. The molecule has 0 spiro atoms. The summed E-state index contributed by atoms with van der Waals surface area (Å²) >= 11 is 5.83. The highest BCUT2D eigenvalue weighted by Crippen LogP contribution is 2.32. The molecular formula is C14H12ClF3N2. The third-order valence-corrected chi connectivity index (χ3v) is 3.04. The van der Waals surface area contributed by atoms with Gasteiger partial charge in [0, 0.05) is 11.6 Å². The maximum absolute atomic E-state index is 12.8. The van der Waals surface area contributed by atoms with Crippen LogP contribution in [-0.4, -0.2) is 0 Å². The van der Waals surface area contributed by atoms with Gasteiger partial charge in [-0.25, -0.2) is 0 Å². The van der Waals surface area contributed by atoms with Crippen LogP contribution in [0.1, 0.15) is 11.1 Å². The molecule has 0 aliphatic rings. The summed E-state index contributed by atoms with van der Waals surface area (Å²) < 4.78 is 38.5. The molecule has 0 saturated heterocycles. The molecular weight excluding hydrogens is 289 g/mol. The molecule has 0 amide bonds. The van der Waals surface area contributed by atoms with Gasteiger partial charge >= 0.3 is 6.18 Å². The van der Waals surface area contributed by atoms with E-state index in [-0.39, 0.29) is 12.1 Å². The van der Waals surface area contributed by atoms with Crippen LogP contribution in [0.3, 0.4) is 0 Å². The van der Waals surface area contributed by atoms with E-state index in [1.54, 1.807) is 24.3 Å².